The van der Waals surface area contributed by atoms with Gasteiger partial charge in [-0.25, -0.2) is 0 Å². The molecular formula is C14H19N3S2. The topological polar surface area (TPSA) is 33.6 Å². The molecule has 1 fully saturated rings. The quantitative estimate of drug-likeness (QED) is 0.806. The van der Waals surface area contributed by atoms with Crippen molar-refractivity contribution in [3.8, 4) is 10.7 Å². The fraction of sp³-hybridized carbons (Fsp3) is 0.571. The number of aromatic amines is 1. The van der Waals surface area contributed by atoms with Crippen LogP contribution in [0.15, 0.2) is 17.5 Å². The van der Waals surface area contributed by atoms with Gasteiger partial charge in [0.1, 0.15) is 0 Å². The first-order valence-electron chi connectivity index (χ1n) is 6.80. The number of hydrogen-bond donors (Lipinski definition) is 1. The van der Waals surface area contributed by atoms with Gasteiger partial charge in [0.25, 0.3) is 0 Å². The number of hydrogen-bond acceptors (Lipinski definition) is 3. The number of nitrogens with zero attached hydrogens (tertiary/aromatic N) is 2. The molecular weight excluding hydrogens is 274 g/mol. The van der Waals surface area contributed by atoms with Crippen molar-refractivity contribution >= 4 is 23.6 Å². The van der Waals surface area contributed by atoms with Gasteiger partial charge in [0.05, 0.1) is 4.88 Å². The van der Waals surface area contributed by atoms with Crippen molar-refractivity contribution in [2.45, 2.75) is 45.6 Å². The highest BCUT2D eigenvalue weighted by molar-refractivity contribution is 7.71. The van der Waals surface area contributed by atoms with Gasteiger partial charge < -0.3 is 0 Å². The summed E-state index contributed by atoms with van der Waals surface area (Å²) >= 11 is 7.20. The molecule has 0 radical (unpaired) electrons. The molecule has 1 aliphatic rings. The van der Waals surface area contributed by atoms with Gasteiger partial charge in [-0.05, 0) is 41.9 Å². The molecule has 0 amide bonds. The normalized spacial score (nSPS) is 22.5. The van der Waals surface area contributed by atoms with E-state index in [4.69, 9.17) is 12.2 Å². The zero-order valence-electron chi connectivity index (χ0n) is 11.3. The average molecular weight is 293 g/mol. The fourth-order valence-electron chi connectivity index (χ4n) is 3.13. The van der Waals surface area contributed by atoms with Crippen LogP contribution in [0.5, 0.6) is 0 Å². The Labute approximate surface area is 122 Å². The highest BCUT2D eigenvalue weighted by Gasteiger charge is 2.35. The third-order valence-electron chi connectivity index (χ3n) is 4.21. The monoisotopic (exact) mass is 293 g/mol. The Hall–Kier alpha value is -0.940. The van der Waals surface area contributed by atoms with E-state index in [9.17, 15) is 0 Å². The van der Waals surface area contributed by atoms with Gasteiger partial charge in [0.15, 0.2) is 10.6 Å². The van der Waals surface area contributed by atoms with E-state index in [1.165, 1.54) is 30.6 Å². The predicted molar refractivity (Wildman–Crippen MR) is 82.0 cm³/mol. The van der Waals surface area contributed by atoms with E-state index in [0.717, 1.165) is 10.6 Å². The molecule has 1 saturated carbocycles. The summed E-state index contributed by atoms with van der Waals surface area (Å²) in [5.74, 6) is 1.000. The van der Waals surface area contributed by atoms with E-state index >= 15 is 0 Å². The van der Waals surface area contributed by atoms with Gasteiger partial charge in [-0.15, -0.1) is 11.3 Å². The zero-order valence-corrected chi connectivity index (χ0v) is 13.0. The van der Waals surface area contributed by atoms with Gasteiger partial charge in [0.2, 0.25) is 0 Å². The van der Waals surface area contributed by atoms with Crippen LogP contribution in [0.2, 0.25) is 0 Å². The molecule has 1 unspecified atom stereocenters. The summed E-state index contributed by atoms with van der Waals surface area (Å²) in [6.07, 6.45) is 5.06. The lowest BCUT2D eigenvalue weighted by Gasteiger charge is -2.39. The molecule has 0 aromatic carbocycles. The van der Waals surface area contributed by atoms with Crippen molar-refractivity contribution in [2.24, 2.45) is 5.41 Å². The largest absolute Gasteiger partial charge is 0.296 e. The molecule has 3 nitrogen and oxygen atoms in total. The van der Waals surface area contributed by atoms with Crippen LogP contribution < -0.4 is 0 Å². The second kappa shape index (κ2) is 4.87. The number of thiophene rings is 1. The summed E-state index contributed by atoms with van der Waals surface area (Å²) in [5, 5.41) is 9.52. The Kier molecular flexibility index (Phi) is 3.35. The van der Waals surface area contributed by atoms with Gasteiger partial charge >= 0.3 is 0 Å². The maximum atomic E-state index is 5.48. The van der Waals surface area contributed by atoms with E-state index in [-0.39, 0.29) is 5.41 Å². The van der Waals surface area contributed by atoms with Crippen molar-refractivity contribution in [1.82, 2.24) is 14.8 Å². The molecule has 0 saturated heterocycles. The zero-order chi connectivity index (χ0) is 13.5. The molecule has 0 aliphatic heterocycles. The smallest absolute Gasteiger partial charge is 0.195 e. The third kappa shape index (κ3) is 2.30. The maximum absolute atomic E-state index is 5.48. The van der Waals surface area contributed by atoms with Crippen LogP contribution >= 0.6 is 23.6 Å². The maximum Gasteiger partial charge on any atom is 0.195 e. The van der Waals surface area contributed by atoms with Gasteiger partial charge in [-0.1, -0.05) is 32.8 Å². The Morgan fingerprint density at radius 3 is 3.00 bits per heavy atom. The van der Waals surface area contributed by atoms with Crippen molar-refractivity contribution in [1.29, 1.82) is 0 Å². The van der Waals surface area contributed by atoms with Crippen molar-refractivity contribution in [3.05, 3.63) is 22.3 Å². The molecule has 102 valence electrons. The van der Waals surface area contributed by atoms with Crippen LogP contribution in [0.1, 0.15) is 45.6 Å². The van der Waals surface area contributed by atoms with E-state index in [0.29, 0.717) is 6.04 Å². The highest BCUT2D eigenvalue weighted by atomic mass is 32.1. The van der Waals surface area contributed by atoms with E-state index < -0.39 is 0 Å². The summed E-state index contributed by atoms with van der Waals surface area (Å²) in [7, 11) is 0. The molecule has 2 heterocycles. The minimum atomic E-state index is 0.284. The van der Waals surface area contributed by atoms with Crippen molar-refractivity contribution in [3.63, 3.8) is 0 Å². The molecule has 2 aromatic heterocycles. The molecule has 0 bridgehead atoms. The van der Waals surface area contributed by atoms with Gasteiger partial charge in [-0.2, -0.15) is 5.10 Å². The number of aromatic nitrogens is 3. The summed E-state index contributed by atoms with van der Waals surface area (Å²) in [6.45, 7) is 4.70. The second-order valence-electron chi connectivity index (χ2n) is 5.95. The number of rotatable bonds is 2. The standard InChI is InChI=1S/C14H19N3S2/c1-14(2)8-4-3-7-11(14)17-12(15-16-13(17)18)10-6-5-9-19-10/h5-6,9,11H,3-4,7-8H2,1-2H3,(H,16,18). The number of H-pyrrole nitrogens is 1. The molecule has 3 rings (SSSR count). The first kappa shape index (κ1) is 13.1. The average Bonchev–Trinajstić information content (AvgIpc) is 2.98. The van der Waals surface area contributed by atoms with E-state index in [1.54, 1.807) is 11.3 Å². The molecule has 1 N–H and O–H groups in total. The minimum absolute atomic E-state index is 0.284. The molecule has 1 atom stereocenters. The summed E-state index contributed by atoms with van der Waals surface area (Å²) < 4.78 is 3.00. The number of nitrogens with one attached hydrogen (secondary N) is 1. The summed E-state index contributed by atoms with van der Waals surface area (Å²) in [4.78, 5) is 1.19. The van der Waals surface area contributed by atoms with E-state index in [2.05, 4.69) is 46.1 Å². The van der Waals surface area contributed by atoms with Crippen LogP contribution in [-0.4, -0.2) is 14.8 Å². The highest BCUT2D eigenvalue weighted by Crippen LogP contribution is 2.45. The Balaban J connectivity index is 2.10. The first-order chi connectivity index (χ1) is 9.09. The van der Waals surface area contributed by atoms with Crippen LogP contribution in [0.25, 0.3) is 10.7 Å². The van der Waals surface area contributed by atoms with Crippen molar-refractivity contribution < 1.29 is 0 Å². The van der Waals surface area contributed by atoms with Gasteiger partial charge in [0, 0.05) is 6.04 Å². The summed E-state index contributed by atoms with van der Waals surface area (Å²) in [5.41, 5.74) is 0.284. The SMILES string of the molecule is CC1(C)CCCCC1n1c(-c2cccs2)n[nH]c1=S. The third-order valence-corrected chi connectivity index (χ3v) is 5.36. The Morgan fingerprint density at radius 2 is 2.32 bits per heavy atom. The lowest BCUT2D eigenvalue weighted by atomic mass is 9.73. The predicted octanol–water partition coefficient (Wildman–Crippen LogP) is 4.81. The van der Waals surface area contributed by atoms with Crippen LogP contribution in [0.3, 0.4) is 0 Å². The molecule has 5 heteroatoms. The molecule has 0 spiro atoms. The second-order valence-corrected chi connectivity index (χ2v) is 7.28. The fourth-order valence-corrected chi connectivity index (χ4v) is 4.10. The molecule has 2 aromatic rings. The Bertz CT molecular complexity index is 607. The molecule has 19 heavy (non-hydrogen) atoms. The summed E-state index contributed by atoms with van der Waals surface area (Å²) in [6, 6.07) is 4.63. The van der Waals surface area contributed by atoms with Crippen LogP contribution in [0.4, 0.5) is 0 Å². The first-order valence-corrected chi connectivity index (χ1v) is 8.09. The Morgan fingerprint density at radius 1 is 1.47 bits per heavy atom. The van der Waals surface area contributed by atoms with Crippen LogP contribution in [0, 0.1) is 10.2 Å². The lowest BCUT2D eigenvalue weighted by Crippen LogP contribution is -2.31. The molecule has 1 aliphatic carbocycles. The van der Waals surface area contributed by atoms with E-state index in [1.807, 2.05) is 0 Å². The minimum Gasteiger partial charge on any atom is -0.296 e. The van der Waals surface area contributed by atoms with Crippen molar-refractivity contribution in [2.75, 3.05) is 0 Å². The van der Waals surface area contributed by atoms with Gasteiger partial charge in [-0.3, -0.25) is 9.67 Å². The van der Waals surface area contributed by atoms with Crippen LogP contribution in [-0.2, 0) is 0 Å². The lowest BCUT2D eigenvalue weighted by molar-refractivity contribution is 0.144.